The van der Waals surface area contributed by atoms with E-state index in [1.54, 1.807) is 10.7 Å². The van der Waals surface area contributed by atoms with Gasteiger partial charge in [-0.25, -0.2) is 9.48 Å². The Bertz CT molecular complexity index is 785. The zero-order chi connectivity index (χ0) is 14.1. The molecule has 0 bridgehead atoms. The summed E-state index contributed by atoms with van der Waals surface area (Å²) in [5, 5.41) is 15.5. The number of carboxylic acids is 1. The molecule has 1 N–H and O–H groups in total. The molecule has 0 spiro atoms. The van der Waals surface area contributed by atoms with Crippen molar-refractivity contribution in [2.24, 2.45) is 0 Å². The molecule has 0 aliphatic carbocycles. The zero-order valence-electron chi connectivity index (χ0n) is 11.1. The quantitative estimate of drug-likeness (QED) is 0.791. The number of fused-ring (bicyclic) bond motifs is 1. The van der Waals surface area contributed by atoms with E-state index >= 15 is 0 Å². The van der Waals surface area contributed by atoms with E-state index in [0.717, 1.165) is 28.6 Å². The first-order chi connectivity index (χ1) is 9.70. The van der Waals surface area contributed by atoms with Gasteiger partial charge in [0.05, 0.1) is 5.69 Å². The molecule has 0 saturated heterocycles. The van der Waals surface area contributed by atoms with Crippen LogP contribution in [0.3, 0.4) is 0 Å². The third-order valence-corrected chi connectivity index (χ3v) is 3.36. The van der Waals surface area contributed by atoms with Gasteiger partial charge in [-0.1, -0.05) is 43.3 Å². The van der Waals surface area contributed by atoms with Crippen molar-refractivity contribution in [2.45, 2.75) is 13.3 Å². The number of carboxylic acid groups (broad SMARTS) is 1. The largest absolute Gasteiger partial charge is 0.476 e. The highest BCUT2D eigenvalue weighted by Crippen LogP contribution is 2.23. The number of benzene rings is 2. The van der Waals surface area contributed by atoms with Crippen molar-refractivity contribution >= 4 is 16.7 Å². The van der Waals surface area contributed by atoms with E-state index in [4.69, 9.17) is 5.11 Å². The lowest BCUT2D eigenvalue weighted by atomic mass is 10.1. The van der Waals surface area contributed by atoms with Crippen LogP contribution in [0.4, 0.5) is 0 Å². The van der Waals surface area contributed by atoms with Crippen LogP contribution in [0.5, 0.6) is 0 Å². The summed E-state index contributed by atoms with van der Waals surface area (Å²) in [6, 6.07) is 15.6. The molecule has 20 heavy (non-hydrogen) atoms. The van der Waals surface area contributed by atoms with Gasteiger partial charge in [0.2, 0.25) is 0 Å². The van der Waals surface area contributed by atoms with Crippen LogP contribution in [0.15, 0.2) is 48.5 Å². The molecule has 4 nitrogen and oxygen atoms in total. The van der Waals surface area contributed by atoms with E-state index in [-0.39, 0.29) is 5.69 Å². The number of rotatable bonds is 3. The third kappa shape index (κ3) is 1.95. The second-order valence-corrected chi connectivity index (χ2v) is 4.59. The maximum Gasteiger partial charge on any atom is 0.356 e. The van der Waals surface area contributed by atoms with Gasteiger partial charge in [-0.3, -0.25) is 0 Å². The average Bonchev–Trinajstić information content (AvgIpc) is 2.91. The predicted molar refractivity (Wildman–Crippen MR) is 77.4 cm³/mol. The number of nitrogens with zero attached hydrogens (tertiary/aromatic N) is 2. The molecule has 3 rings (SSSR count). The predicted octanol–water partition coefficient (Wildman–Crippen LogP) is 3.29. The summed E-state index contributed by atoms with van der Waals surface area (Å²) in [5.41, 5.74) is 1.88. The lowest BCUT2D eigenvalue weighted by Crippen LogP contribution is -2.04. The monoisotopic (exact) mass is 266 g/mol. The average molecular weight is 266 g/mol. The lowest BCUT2D eigenvalue weighted by Gasteiger charge is -2.09. The second kappa shape index (κ2) is 4.81. The molecule has 0 radical (unpaired) electrons. The van der Waals surface area contributed by atoms with Crippen molar-refractivity contribution in [1.29, 1.82) is 0 Å². The van der Waals surface area contributed by atoms with Crippen LogP contribution in [0, 0.1) is 0 Å². The number of aryl methyl sites for hydroxylation is 1. The molecule has 4 heteroatoms. The van der Waals surface area contributed by atoms with Crippen LogP contribution >= 0.6 is 0 Å². The number of carbonyl (C=O) groups is 1. The molecule has 1 aromatic heterocycles. The SMILES string of the molecule is CCc1cc(C(=O)O)nn1-c1cccc2ccccc12. The minimum Gasteiger partial charge on any atom is -0.476 e. The summed E-state index contributed by atoms with van der Waals surface area (Å²) < 4.78 is 1.73. The molecule has 1 heterocycles. The van der Waals surface area contributed by atoms with Crippen molar-refractivity contribution in [2.75, 3.05) is 0 Å². The van der Waals surface area contributed by atoms with E-state index in [1.807, 2.05) is 49.4 Å². The molecule has 0 unspecified atom stereocenters. The molecular weight excluding hydrogens is 252 g/mol. The zero-order valence-corrected chi connectivity index (χ0v) is 11.1. The fraction of sp³-hybridized carbons (Fsp3) is 0.125. The summed E-state index contributed by atoms with van der Waals surface area (Å²) in [5.74, 6) is -1.00. The molecule has 0 aliphatic heterocycles. The summed E-state index contributed by atoms with van der Waals surface area (Å²) in [7, 11) is 0. The fourth-order valence-electron chi connectivity index (χ4n) is 2.38. The molecule has 0 fully saturated rings. The van der Waals surface area contributed by atoms with Crippen LogP contribution < -0.4 is 0 Å². The standard InChI is InChI=1S/C16H14N2O2/c1-2-12-10-14(16(19)20)17-18(12)15-9-5-7-11-6-3-4-8-13(11)15/h3-10H,2H2,1H3,(H,19,20). The minimum absolute atomic E-state index is 0.0785. The number of hydrogen-bond acceptors (Lipinski definition) is 2. The van der Waals surface area contributed by atoms with Crippen LogP contribution in [-0.2, 0) is 6.42 Å². The maximum absolute atomic E-state index is 11.1. The molecule has 0 atom stereocenters. The number of hydrogen-bond donors (Lipinski definition) is 1. The minimum atomic E-state index is -1.00. The van der Waals surface area contributed by atoms with Crippen LogP contribution in [0.25, 0.3) is 16.5 Å². The van der Waals surface area contributed by atoms with Gasteiger partial charge in [0, 0.05) is 11.1 Å². The van der Waals surface area contributed by atoms with E-state index < -0.39 is 5.97 Å². The Morgan fingerprint density at radius 3 is 2.70 bits per heavy atom. The van der Waals surface area contributed by atoms with E-state index in [0.29, 0.717) is 0 Å². The molecule has 0 amide bonds. The summed E-state index contributed by atoms with van der Waals surface area (Å²) in [6.07, 6.45) is 0.726. The highest BCUT2D eigenvalue weighted by atomic mass is 16.4. The van der Waals surface area contributed by atoms with E-state index in [9.17, 15) is 4.79 Å². The number of aromatic nitrogens is 2. The lowest BCUT2D eigenvalue weighted by molar-refractivity contribution is 0.0690. The molecule has 0 aliphatic rings. The van der Waals surface area contributed by atoms with Gasteiger partial charge in [0.25, 0.3) is 0 Å². The molecule has 100 valence electrons. The van der Waals surface area contributed by atoms with Crippen LogP contribution in [0.1, 0.15) is 23.1 Å². The number of aromatic carboxylic acids is 1. The van der Waals surface area contributed by atoms with Crippen molar-refractivity contribution < 1.29 is 9.90 Å². The Balaban J connectivity index is 2.28. The smallest absolute Gasteiger partial charge is 0.356 e. The Morgan fingerprint density at radius 1 is 1.20 bits per heavy atom. The Kier molecular flexibility index (Phi) is 2.99. The van der Waals surface area contributed by atoms with Gasteiger partial charge >= 0.3 is 5.97 Å². The van der Waals surface area contributed by atoms with Crippen LogP contribution in [-0.4, -0.2) is 20.9 Å². The highest BCUT2D eigenvalue weighted by molar-refractivity contribution is 5.90. The van der Waals surface area contributed by atoms with E-state index in [1.165, 1.54) is 0 Å². The van der Waals surface area contributed by atoms with Crippen molar-refractivity contribution in [1.82, 2.24) is 9.78 Å². The molecule has 2 aromatic carbocycles. The normalized spacial score (nSPS) is 10.8. The first-order valence-corrected chi connectivity index (χ1v) is 6.51. The summed E-state index contributed by atoms with van der Waals surface area (Å²) >= 11 is 0. The van der Waals surface area contributed by atoms with Gasteiger partial charge in [-0.05, 0) is 23.9 Å². The maximum atomic E-state index is 11.1. The summed E-state index contributed by atoms with van der Waals surface area (Å²) in [6.45, 7) is 1.99. The molecule has 3 aromatic rings. The van der Waals surface area contributed by atoms with Gasteiger partial charge < -0.3 is 5.11 Å². The topological polar surface area (TPSA) is 55.1 Å². The first kappa shape index (κ1) is 12.4. The van der Waals surface area contributed by atoms with E-state index in [2.05, 4.69) is 5.10 Å². The Hall–Kier alpha value is -2.62. The Morgan fingerprint density at radius 2 is 1.95 bits per heavy atom. The van der Waals surface area contributed by atoms with Gasteiger partial charge in [0.15, 0.2) is 5.69 Å². The first-order valence-electron chi connectivity index (χ1n) is 6.51. The van der Waals surface area contributed by atoms with Crippen molar-refractivity contribution in [3.05, 3.63) is 59.9 Å². The molecule has 0 saturated carbocycles. The van der Waals surface area contributed by atoms with Crippen molar-refractivity contribution in [3.63, 3.8) is 0 Å². The van der Waals surface area contributed by atoms with Crippen molar-refractivity contribution in [3.8, 4) is 5.69 Å². The second-order valence-electron chi connectivity index (χ2n) is 4.59. The molecular formula is C16H14N2O2. The highest BCUT2D eigenvalue weighted by Gasteiger charge is 2.14. The fourth-order valence-corrected chi connectivity index (χ4v) is 2.38. The van der Waals surface area contributed by atoms with Gasteiger partial charge in [-0.2, -0.15) is 5.10 Å². The Labute approximate surface area is 116 Å². The van der Waals surface area contributed by atoms with Gasteiger partial charge in [0.1, 0.15) is 0 Å². The summed E-state index contributed by atoms with van der Waals surface area (Å²) in [4.78, 5) is 11.1. The van der Waals surface area contributed by atoms with Gasteiger partial charge in [-0.15, -0.1) is 0 Å². The third-order valence-electron chi connectivity index (χ3n) is 3.36. The van der Waals surface area contributed by atoms with Crippen LogP contribution in [0.2, 0.25) is 0 Å².